The highest BCUT2D eigenvalue weighted by Gasteiger charge is 2.10. The minimum atomic E-state index is 0.657. The molecule has 0 heterocycles. The van der Waals surface area contributed by atoms with Crippen LogP contribution in [0, 0.1) is 22.7 Å². The van der Waals surface area contributed by atoms with E-state index in [0.29, 0.717) is 11.1 Å². The van der Waals surface area contributed by atoms with E-state index in [1.165, 1.54) is 0 Å². The van der Waals surface area contributed by atoms with Crippen LogP contribution >= 0.6 is 11.8 Å². The molecule has 0 saturated carbocycles. The van der Waals surface area contributed by atoms with Crippen LogP contribution in [0.5, 0.6) is 0 Å². The van der Waals surface area contributed by atoms with Gasteiger partial charge in [-0.05, 0) is 58.7 Å². The zero-order valence-corrected chi connectivity index (χ0v) is 16.4. The number of nitrogens with zero attached hydrogens (tertiary/aromatic N) is 2. The maximum absolute atomic E-state index is 9.05. The van der Waals surface area contributed by atoms with Crippen molar-refractivity contribution in [3.05, 3.63) is 108 Å². The van der Waals surface area contributed by atoms with Crippen LogP contribution in [-0.4, -0.2) is 0 Å². The molecule has 4 aromatic carbocycles. The highest BCUT2D eigenvalue weighted by Crippen LogP contribution is 2.40. The van der Waals surface area contributed by atoms with Crippen LogP contribution in [0.1, 0.15) is 11.1 Å². The van der Waals surface area contributed by atoms with Crippen molar-refractivity contribution in [3.8, 4) is 34.4 Å². The minimum absolute atomic E-state index is 0.657. The van der Waals surface area contributed by atoms with Gasteiger partial charge in [-0.3, -0.25) is 0 Å². The summed E-state index contributed by atoms with van der Waals surface area (Å²) in [6, 6.07) is 36.3. The predicted molar refractivity (Wildman–Crippen MR) is 117 cm³/mol. The normalized spacial score (nSPS) is 10.1. The van der Waals surface area contributed by atoms with E-state index < -0.39 is 0 Å². The fourth-order valence-electron chi connectivity index (χ4n) is 3.16. The fraction of sp³-hybridized carbons (Fsp3) is 0. The first-order valence-electron chi connectivity index (χ1n) is 9.15. The average Bonchev–Trinajstić information content (AvgIpc) is 2.80. The Morgan fingerprint density at radius 2 is 0.862 bits per heavy atom. The summed E-state index contributed by atoms with van der Waals surface area (Å²) in [5, 5.41) is 18.1. The van der Waals surface area contributed by atoms with Crippen molar-refractivity contribution in [1.29, 1.82) is 10.5 Å². The first-order valence-corrected chi connectivity index (χ1v) is 9.97. The van der Waals surface area contributed by atoms with Gasteiger partial charge in [-0.15, -0.1) is 0 Å². The molecule has 4 rings (SSSR count). The highest BCUT2D eigenvalue weighted by atomic mass is 32.2. The third-order valence-electron chi connectivity index (χ3n) is 4.64. The van der Waals surface area contributed by atoms with Gasteiger partial charge in [0.05, 0.1) is 23.3 Å². The summed E-state index contributed by atoms with van der Waals surface area (Å²) < 4.78 is 0. The van der Waals surface area contributed by atoms with Gasteiger partial charge in [-0.1, -0.05) is 72.4 Å². The Kier molecular flexibility index (Phi) is 5.43. The molecule has 0 bridgehead atoms. The van der Waals surface area contributed by atoms with Crippen molar-refractivity contribution in [3.63, 3.8) is 0 Å². The summed E-state index contributed by atoms with van der Waals surface area (Å²) in [5.41, 5.74) is 5.76. The first kappa shape index (κ1) is 18.6. The van der Waals surface area contributed by atoms with Crippen molar-refractivity contribution in [2.24, 2.45) is 0 Å². The topological polar surface area (TPSA) is 47.6 Å². The maximum Gasteiger partial charge on any atom is 0.0991 e. The van der Waals surface area contributed by atoms with Gasteiger partial charge in [0.1, 0.15) is 0 Å². The molecule has 0 fully saturated rings. The van der Waals surface area contributed by atoms with Crippen molar-refractivity contribution in [2.45, 2.75) is 9.79 Å². The van der Waals surface area contributed by atoms with E-state index in [9.17, 15) is 0 Å². The largest absolute Gasteiger partial charge is 0.192 e. The van der Waals surface area contributed by atoms with Gasteiger partial charge in [-0.25, -0.2) is 0 Å². The second-order valence-corrected chi connectivity index (χ2v) is 7.56. The molecule has 0 saturated heterocycles. The Hall–Kier alpha value is -3.79. The highest BCUT2D eigenvalue weighted by molar-refractivity contribution is 7.99. The number of benzene rings is 4. The molecule has 0 aliphatic carbocycles. The molecule has 0 unspecified atom stereocenters. The van der Waals surface area contributed by atoms with Crippen molar-refractivity contribution < 1.29 is 0 Å². The van der Waals surface area contributed by atoms with E-state index in [2.05, 4.69) is 36.4 Å². The molecule has 0 aliphatic rings. The maximum atomic E-state index is 9.05. The molecule has 0 amide bonds. The number of rotatable bonds is 4. The minimum Gasteiger partial charge on any atom is -0.192 e. The van der Waals surface area contributed by atoms with E-state index in [4.69, 9.17) is 10.5 Å². The van der Waals surface area contributed by atoms with Crippen LogP contribution in [0.25, 0.3) is 22.3 Å². The van der Waals surface area contributed by atoms with E-state index in [1.54, 1.807) is 11.8 Å². The van der Waals surface area contributed by atoms with Gasteiger partial charge in [0.15, 0.2) is 0 Å². The first-order chi connectivity index (χ1) is 14.3. The van der Waals surface area contributed by atoms with Crippen LogP contribution in [0.15, 0.2) is 107 Å². The van der Waals surface area contributed by atoms with Gasteiger partial charge in [0, 0.05) is 9.79 Å². The molecule has 136 valence electrons. The van der Waals surface area contributed by atoms with Gasteiger partial charge < -0.3 is 0 Å². The Morgan fingerprint density at radius 1 is 0.483 bits per heavy atom. The van der Waals surface area contributed by atoms with Crippen LogP contribution < -0.4 is 0 Å². The Labute approximate surface area is 174 Å². The lowest BCUT2D eigenvalue weighted by atomic mass is 10.0. The molecule has 0 radical (unpaired) electrons. The molecule has 2 nitrogen and oxygen atoms in total. The molecule has 0 aliphatic heterocycles. The van der Waals surface area contributed by atoms with Crippen LogP contribution in [0.3, 0.4) is 0 Å². The second-order valence-electron chi connectivity index (χ2n) is 6.47. The summed E-state index contributed by atoms with van der Waals surface area (Å²) in [7, 11) is 0. The van der Waals surface area contributed by atoms with Crippen molar-refractivity contribution in [2.75, 3.05) is 0 Å². The van der Waals surface area contributed by atoms with Crippen molar-refractivity contribution in [1.82, 2.24) is 0 Å². The average molecular weight is 388 g/mol. The van der Waals surface area contributed by atoms with Crippen LogP contribution in [0.2, 0.25) is 0 Å². The zero-order valence-electron chi connectivity index (χ0n) is 15.5. The molecule has 0 N–H and O–H groups in total. The summed E-state index contributed by atoms with van der Waals surface area (Å²) >= 11 is 1.72. The lowest BCUT2D eigenvalue weighted by Crippen LogP contribution is -1.86. The van der Waals surface area contributed by atoms with E-state index in [1.807, 2.05) is 72.8 Å². The quantitative estimate of drug-likeness (QED) is 0.381. The molecular formula is C26H16N2S. The van der Waals surface area contributed by atoms with E-state index in [0.717, 1.165) is 32.0 Å². The lowest BCUT2D eigenvalue weighted by Gasteiger charge is -2.13. The van der Waals surface area contributed by atoms with Gasteiger partial charge in [0.2, 0.25) is 0 Å². The third kappa shape index (κ3) is 4.06. The number of hydrogen-bond donors (Lipinski definition) is 0. The summed E-state index contributed by atoms with van der Waals surface area (Å²) in [6.07, 6.45) is 0. The van der Waals surface area contributed by atoms with Gasteiger partial charge in [-0.2, -0.15) is 10.5 Å². The Morgan fingerprint density at radius 3 is 1.24 bits per heavy atom. The SMILES string of the molecule is N#Cc1ccc(-c2ccccc2Sc2ccccc2-c2ccc(C#N)cc2)cc1. The Balaban J connectivity index is 1.72. The molecule has 3 heteroatoms. The van der Waals surface area contributed by atoms with Gasteiger partial charge in [0.25, 0.3) is 0 Å². The number of hydrogen-bond acceptors (Lipinski definition) is 3. The van der Waals surface area contributed by atoms with Crippen LogP contribution in [0.4, 0.5) is 0 Å². The standard InChI is InChI=1S/C26H16N2S/c27-17-19-9-13-21(14-10-19)23-5-1-3-7-25(23)29-26-8-4-2-6-24(26)22-15-11-20(18-28)12-16-22/h1-16H. The lowest BCUT2D eigenvalue weighted by molar-refractivity contribution is 1.39. The molecular weight excluding hydrogens is 372 g/mol. The van der Waals surface area contributed by atoms with Crippen LogP contribution in [-0.2, 0) is 0 Å². The predicted octanol–water partition coefficient (Wildman–Crippen LogP) is 6.92. The molecule has 29 heavy (non-hydrogen) atoms. The fourth-order valence-corrected chi connectivity index (χ4v) is 4.28. The Bertz CT molecular complexity index is 1130. The molecule has 0 spiro atoms. The molecule has 0 aromatic heterocycles. The monoisotopic (exact) mass is 388 g/mol. The second kappa shape index (κ2) is 8.48. The third-order valence-corrected chi connectivity index (χ3v) is 5.80. The van der Waals surface area contributed by atoms with E-state index in [-0.39, 0.29) is 0 Å². The summed E-state index contributed by atoms with van der Waals surface area (Å²) in [5.74, 6) is 0. The van der Waals surface area contributed by atoms with Crippen molar-refractivity contribution >= 4 is 11.8 Å². The van der Waals surface area contributed by atoms with E-state index >= 15 is 0 Å². The molecule has 4 aromatic rings. The summed E-state index contributed by atoms with van der Waals surface area (Å²) in [6.45, 7) is 0. The zero-order chi connectivity index (χ0) is 20.1. The van der Waals surface area contributed by atoms with Gasteiger partial charge >= 0.3 is 0 Å². The smallest absolute Gasteiger partial charge is 0.0991 e. The molecule has 0 atom stereocenters. The summed E-state index contributed by atoms with van der Waals surface area (Å²) in [4.78, 5) is 2.30. The number of nitriles is 2.